The Balaban J connectivity index is 2.17. The van der Waals surface area contributed by atoms with Crippen molar-refractivity contribution in [2.45, 2.75) is 6.92 Å². The highest BCUT2D eigenvalue weighted by Crippen LogP contribution is 2.25. The minimum atomic E-state index is 0.570. The van der Waals surface area contributed by atoms with Crippen LogP contribution in [0.2, 0.25) is 0 Å². The van der Waals surface area contributed by atoms with Crippen LogP contribution in [0.3, 0.4) is 0 Å². The second-order valence-electron chi connectivity index (χ2n) is 3.93. The van der Waals surface area contributed by atoms with Gasteiger partial charge in [-0.15, -0.1) is 0 Å². The molecule has 2 rings (SSSR count). The van der Waals surface area contributed by atoms with E-state index in [0.29, 0.717) is 18.0 Å². The van der Waals surface area contributed by atoms with E-state index in [1.54, 1.807) is 6.07 Å². The monoisotopic (exact) mass is 243 g/mol. The van der Waals surface area contributed by atoms with Gasteiger partial charge in [0.2, 0.25) is 0 Å². The van der Waals surface area contributed by atoms with Crippen LogP contribution in [0.4, 0.5) is 22.7 Å². The van der Waals surface area contributed by atoms with Gasteiger partial charge in [-0.1, -0.05) is 6.07 Å². The Labute approximate surface area is 107 Å². The van der Waals surface area contributed by atoms with E-state index in [0.717, 1.165) is 17.1 Å². The molecule has 2 aromatic rings. The molecule has 0 radical (unpaired) electrons. The lowest BCUT2D eigenvalue weighted by Gasteiger charge is -2.10. The third-order valence-electron chi connectivity index (χ3n) is 2.52. The molecule has 5 N–H and O–H groups in total. The van der Waals surface area contributed by atoms with Crippen molar-refractivity contribution in [3.8, 4) is 5.75 Å². The number of hydrogen-bond acceptors (Lipinski definition) is 4. The van der Waals surface area contributed by atoms with Gasteiger partial charge in [-0.25, -0.2) is 0 Å². The third kappa shape index (κ3) is 2.85. The van der Waals surface area contributed by atoms with Crippen molar-refractivity contribution in [1.82, 2.24) is 0 Å². The molecule has 0 aliphatic heterocycles. The summed E-state index contributed by atoms with van der Waals surface area (Å²) in [6, 6.07) is 13.2. The minimum Gasteiger partial charge on any atom is -0.494 e. The standard InChI is InChI=1S/C14H17N3O/c1-2-18-12-5-3-4-10(8-12)17-11-6-7-13(15)14(16)9-11/h3-9,17H,2,15-16H2,1H3. The van der Waals surface area contributed by atoms with Crippen molar-refractivity contribution in [2.75, 3.05) is 23.4 Å². The van der Waals surface area contributed by atoms with Crippen molar-refractivity contribution >= 4 is 22.7 Å². The molecule has 4 heteroatoms. The molecule has 0 unspecified atom stereocenters. The maximum absolute atomic E-state index is 5.76. The fraction of sp³-hybridized carbons (Fsp3) is 0.143. The van der Waals surface area contributed by atoms with E-state index in [9.17, 15) is 0 Å². The summed E-state index contributed by atoms with van der Waals surface area (Å²) >= 11 is 0. The van der Waals surface area contributed by atoms with E-state index in [1.165, 1.54) is 0 Å². The first-order valence-corrected chi connectivity index (χ1v) is 5.84. The van der Waals surface area contributed by atoms with Crippen LogP contribution in [-0.4, -0.2) is 6.61 Å². The second kappa shape index (κ2) is 5.31. The molecular formula is C14H17N3O. The second-order valence-corrected chi connectivity index (χ2v) is 3.93. The van der Waals surface area contributed by atoms with Crippen LogP contribution in [0.1, 0.15) is 6.92 Å². The summed E-state index contributed by atoms with van der Waals surface area (Å²) in [5.74, 6) is 0.839. The fourth-order valence-corrected chi connectivity index (χ4v) is 1.65. The smallest absolute Gasteiger partial charge is 0.121 e. The van der Waals surface area contributed by atoms with Crippen LogP contribution >= 0.6 is 0 Å². The summed E-state index contributed by atoms with van der Waals surface area (Å²) in [6.45, 7) is 2.61. The van der Waals surface area contributed by atoms with Gasteiger partial charge in [-0.3, -0.25) is 0 Å². The number of nitrogen functional groups attached to an aromatic ring is 2. The number of nitrogens with two attached hydrogens (primary N) is 2. The number of rotatable bonds is 4. The van der Waals surface area contributed by atoms with Gasteiger partial charge in [0, 0.05) is 17.4 Å². The number of benzene rings is 2. The normalized spacial score (nSPS) is 10.1. The van der Waals surface area contributed by atoms with Gasteiger partial charge in [0.05, 0.1) is 18.0 Å². The molecule has 0 atom stereocenters. The van der Waals surface area contributed by atoms with Crippen LogP contribution < -0.4 is 21.5 Å². The lowest BCUT2D eigenvalue weighted by molar-refractivity contribution is 0.340. The van der Waals surface area contributed by atoms with Crippen molar-refractivity contribution in [1.29, 1.82) is 0 Å². The Bertz CT molecular complexity index is 540. The zero-order chi connectivity index (χ0) is 13.0. The van der Waals surface area contributed by atoms with E-state index in [-0.39, 0.29) is 0 Å². The highest BCUT2D eigenvalue weighted by Gasteiger charge is 2.00. The van der Waals surface area contributed by atoms with E-state index < -0.39 is 0 Å². The van der Waals surface area contributed by atoms with Gasteiger partial charge >= 0.3 is 0 Å². The van der Waals surface area contributed by atoms with Crippen LogP contribution in [0.15, 0.2) is 42.5 Å². The van der Waals surface area contributed by atoms with Crippen molar-refractivity contribution in [2.24, 2.45) is 0 Å². The Morgan fingerprint density at radius 3 is 2.50 bits per heavy atom. The molecule has 0 heterocycles. The summed E-state index contributed by atoms with van der Waals surface area (Å²) in [4.78, 5) is 0. The minimum absolute atomic E-state index is 0.570. The van der Waals surface area contributed by atoms with Crippen LogP contribution in [0.25, 0.3) is 0 Å². The van der Waals surface area contributed by atoms with Crippen molar-refractivity contribution in [3.63, 3.8) is 0 Å². The zero-order valence-corrected chi connectivity index (χ0v) is 10.3. The van der Waals surface area contributed by atoms with Gasteiger partial charge in [0.15, 0.2) is 0 Å². The van der Waals surface area contributed by atoms with E-state index in [1.807, 2.05) is 43.3 Å². The maximum Gasteiger partial charge on any atom is 0.121 e. The first kappa shape index (κ1) is 12.1. The molecular weight excluding hydrogens is 226 g/mol. The summed E-state index contributed by atoms with van der Waals surface area (Å²) in [5, 5.41) is 3.26. The third-order valence-corrected chi connectivity index (χ3v) is 2.52. The largest absolute Gasteiger partial charge is 0.494 e. The molecule has 0 aliphatic carbocycles. The van der Waals surface area contributed by atoms with Crippen molar-refractivity contribution in [3.05, 3.63) is 42.5 Å². The van der Waals surface area contributed by atoms with Gasteiger partial charge < -0.3 is 21.5 Å². The summed E-state index contributed by atoms with van der Waals surface area (Å²) in [5.41, 5.74) is 14.4. The molecule has 0 fully saturated rings. The molecule has 0 aliphatic rings. The van der Waals surface area contributed by atoms with Crippen LogP contribution in [0, 0.1) is 0 Å². The van der Waals surface area contributed by atoms with E-state index in [2.05, 4.69) is 5.32 Å². The highest BCUT2D eigenvalue weighted by molar-refractivity contribution is 5.72. The lowest BCUT2D eigenvalue weighted by atomic mass is 10.2. The number of ether oxygens (including phenoxy) is 1. The zero-order valence-electron chi connectivity index (χ0n) is 10.3. The van der Waals surface area contributed by atoms with Gasteiger partial charge in [0.1, 0.15) is 5.75 Å². The molecule has 2 aromatic carbocycles. The van der Waals surface area contributed by atoms with E-state index >= 15 is 0 Å². The topological polar surface area (TPSA) is 73.3 Å². The first-order chi connectivity index (χ1) is 8.69. The van der Waals surface area contributed by atoms with Crippen molar-refractivity contribution < 1.29 is 4.74 Å². The molecule has 0 saturated heterocycles. The summed E-state index contributed by atoms with van der Waals surface area (Å²) in [6.07, 6.45) is 0. The number of nitrogens with one attached hydrogen (secondary N) is 1. The Kier molecular flexibility index (Phi) is 3.57. The quantitative estimate of drug-likeness (QED) is 0.722. The molecule has 0 amide bonds. The Morgan fingerprint density at radius 2 is 1.78 bits per heavy atom. The van der Waals surface area contributed by atoms with Gasteiger partial charge in [-0.2, -0.15) is 0 Å². The summed E-state index contributed by atoms with van der Waals surface area (Å²) in [7, 11) is 0. The highest BCUT2D eigenvalue weighted by atomic mass is 16.5. The van der Waals surface area contributed by atoms with E-state index in [4.69, 9.17) is 16.2 Å². The summed E-state index contributed by atoms with van der Waals surface area (Å²) < 4.78 is 5.44. The molecule has 0 aromatic heterocycles. The lowest BCUT2D eigenvalue weighted by Crippen LogP contribution is -1.97. The predicted molar refractivity (Wildman–Crippen MR) is 76.2 cm³/mol. The average Bonchev–Trinajstić information content (AvgIpc) is 2.35. The SMILES string of the molecule is CCOc1cccc(Nc2ccc(N)c(N)c2)c1. The van der Waals surface area contributed by atoms with Crippen LogP contribution in [0.5, 0.6) is 5.75 Å². The average molecular weight is 243 g/mol. The molecule has 0 saturated carbocycles. The molecule has 0 spiro atoms. The number of hydrogen-bond donors (Lipinski definition) is 3. The first-order valence-electron chi connectivity index (χ1n) is 5.84. The van der Waals surface area contributed by atoms with Gasteiger partial charge in [0.25, 0.3) is 0 Å². The molecule has 94 valence electrons. The van der Waals surface area contributed by atoms with Crippen LogP contribution in [-0.2, 0) is 0 Å². The molecule has 4 nitrogen and oxygen atoms in total. The number of anilines is 4. The molecule has 0 bridgehead atoms. The predicted octanol–water partition coefficient (Wildman–Crippen LogP) is 2.99. The Morgan fingerprint density at radius 1 is 1.00 bits per heavy atom. The maximum atomic E-state index is 5.76. The molecule has 18 heavy (non-hydrogen) atoms. The fourth-order valence-electron chi connectivity index (χ4n) is 1.65. The Hall–Kier alpha value is -2.36. The van der Waals surface area contributed by atoms with Gasteiger partial charge in [-0.05, 0) is 37.3 Å².